The van der Waals surface area contributed by atoms with E-state index >= 15 is 0 Å². The normalized spacial score (nSPS) is 40.3. The van der Waals surface area contributed by atoms with Gasteiger partial charge in [-0.25, -0.2) is 0 Å². The molecular weight excluding hydrogens is 88.1 g/mol. The summed E-state index contributed by atoms with van der Waals surface area (Å²) in [6.07, 6.45) is 2.02. The van der Waals surface area contributed by atoms with Gasteiger partial charge in [-0.05, 0) is 6.42 Å². The second kappa shape index (κ2) is 1.20. The Labute approximate surface area is 43.5 Å². The van der Waals surface area contributed by atoms with Crippen molar-refractivity contribution in [1.29, 1.82) is 0 Å². The second-order valence-electron chi connectivity index (χ2n) is 2.13. The number of hydrogen-bond acceptors (Lipinski definition) is 2. The molecule has 0 aliphatic carbocycles. The van der Waals surface area contributed by atoms with Crippen LogP contribution in [0.4, 0.5) is 0 Å². The highest BCUT2D eigenvalue weighted by molar-refractivity contribution is 4.93. The first-order valence-electron chi connectivity index (χ1n) is 2.79. The summed E-state index contributed by atoms with van der Waals surface area (Å²) in [4.78, 5) is 2.35. The third-order valence-electron chi connectivity index (χ3n) is 1.54. The molecule has 0 aromatic carbocycles. The van der Waals surface area contributed by atoms with Crippen molar-refractivity contribution in [2.75, 3.05) is 13.1 Å². The predicted octanol–water partition coefficient (Wildman–Crippen LogP) is -0.217. The number of hydrogen-bond donors (Lipinski definition) is 1. The van der Waals surface area contributed by atoms with E-state index in [4.69, 9.17) is 0 Å². The van der Waals surface area contributed by atoms with E-state index in [2.05, 4.69) is 16.8 Å². The van der Waals surface area contributed by atoms with Crippen LogP contribution in [0.25, 0.3) is 0 Å². The zero-order chi connectivity index (χ0) is 4.69. The van der Waals surface area contributed by atoms with Crippen molar-refractivity contribution in [2.24, 2.45) is 0 Å². The van der Waals surface area contributed by atoms with Gasteiger partial charge in [-0.2, -0.15) is 0 Å². The van der Waals surface area contributed by atoms with Crippen molar-refractivity contribution >= 4 is 0 Å². The lowest BCUT2D eigenvalue weighted by molar-refractivity contribution is 0.232. The topological polar surface area (TPSA) is 25.2 Å². The van der Waals surface area contributed by atoms with Crippen molar-refractivity contribution in [3.8, 4) is 0 Å². The van der Waals surface area contributed by atoms with E-state index in [0.717, 1.165) is 6.17 Å². The van der Waals surface area contributed by atoms with Crippen LogP contribution < -0.4 is 5.32 Å². The molecule has 1 radical (unpaired) electrons. The van der Waals surface area contributed by atoms with Crippen LogP contribution >= 0.6 is 0 Å². The lowest BCUT2D eigenvalue weighted by Crippen LogP contribution is -2.36. The Morgan fingerprint density at radius 2 is 2.43 bits per heavy atom. The summed E-state index contributed by atoms with van der Waals surface area (Å²) in [6.45, 7) is 4.73. The first-order valence-corrected chi connectivity index (χ1v) is 2.79. The summed E-state index contributed by atoms with van der Waals surface area (Å²) in [5, 5.41) is 3.23. The molecule has 0 saturated carbocycles. The number of rotatable bonds is 1. The van der Waals surface area contributed by atoms with Crippen molar-refractivity contribution < 1.29 is 0 Å². The van der Waals surface area contributed by atoms with Crippen molar-refractivity contribution in [2.45, 2.75) is 12.6 Å². The average Bonchev–Trinajstić information content (AvgIpc) is 2.10. The van der Waals surface area contributed by atoms with Crippen LogP contribution in [-0.4, -0.2) is 24.2 Å². The number of nitrogens with zero attached hydrogens (tertiary/aromatic N) is 1. The first kappa shape index (κ1) is 3.87. The zero-order valence-corrected chi connectivity index (χ0v) is 4.22. The van der Waals surface area contributed by atoms with Gasteiger partial charge in [0.05, 0.1) is 6.17 Å². The lowest BCUT2D eigenvalue weighted by Gasteiger charge is -2.28. The molecule has 1 unspecified atom stereocenters. The monoisotopic (exact) mass is 97.1 g/mol. The highest BCUT2D eigenvalue weighted by Crippen LogP contribution is 2.18. The standard InChI is InChI=1S/C5H9N2/c1-2-7(3-1)5-4-6-5/h2,5-6H,1,3-4H2. The minimum atomic E-state index is 0.730. The molecule has 39 valence electrons. The SMILES string of the molecule is [CH]1CCN1C1CN1. The van der Waals surface area contributed by atoms with Gasteiger partial charge in [0.1, 0.15) is 0 Å². The predicted molar refractivity (Wildman–Crippen MR) is 27.4 cm³/mol. The van der Waals surface area contributed by atoms with E-state index in [9.17, 15) is 0 Å². The fourth-order valence-electron chi connectivity index (χ4n) is 0.848. The highest BCUT2D eigenvalue weighted by Gasteiger charge is 2.31. The Morgan fingerprint density at radius 3 is 2.57 bits per heavy atom. The average molecular weight is 97.1 g/mol. The van der Waals surface area contributed by atoms with Gasteiger partial charge in [0.15, 0.2) is 0 Å². The van der Waals surface area contributed by atoms with Crippen LogP contribution in [0.3, 0.4) is 0 Å². The summed E-state index contributed by atoms with van der Waals surface area (Å²) >= 11 is 0. The first-order chi connectivity index (χ1) is 3.47. The van der Waals surface area contributed by atoms with Crippen LogP contribution in [0.15, 0.2) is 0 Å². The summed E-state index contributed by atoms with van der Waals surface area (Å²) in [7, 11) is 0. The summed E-state index contributed by atoms with van der Waals surface area (Å²) in [5.74, 6) is 0. The van der Waals surface area contributed by atoms with Gasteiger partial charge in [0.25, 0.3) is 0 Å². The second-order valence-corrected chi connectivity index (χ2v) is 2.13. The molecule has 1 atom stereocenters. The van der Waals surface area contributed by atoms with E-state index < -0.39 is 0 Å². The van der Waals surface area contributed by atoms with E-state index in [-0.39, 0.29) is 0 Å². The van der Waals surface area contributed by atoms with E-state index in [1.807, 2.05) is 0 Å². The van der Waals surface area contributed by atoms with Gasteiger partial charge >= 0.3 is 0 Å². The van der Waals surface area contributed by atoms with E-state index in [1.165, 1.54) is 19.5 Å². The van der Waals surface area contributed by atoms with Crippen LogP contribution in [0.2, 0.25) is 0 Å². The van der Waals surface area contributed by atoms with E-state index in [0.29, 0.717) is 0 Å². The van der Waals surface area contributed by atoms with Gasteiger partial charge in [0.2, 0.25) is 0 Å². The third-order valence-corrected chi connectivity index (χ3v) is 1.54. The molecule has 0 bridgehead atoms. The molecule has 2 fully saturated rings. The molecule has 2 aliphatic heterocycles. The van der Waals surface area contributed by atoms with Crippen LogP contribution in [-0.2, 0) is 0 Å². The molecular formula is C5H9N2. The summed E-state index contributed by atoms with van der Waals surface area (Å²) in [5.41, 5.74) is 0. The lowest BCUT2D eigenvalue weighted by atomic mass is 10.2. The maximum atomic E-state index is 3.23. The van der Waals surface area contributed by atoms with Crippen molar-refractivity contribution in [3.05, 3.63) is 6.54 Å². The van der Waals surface area contributed by atoms with Crippen molar-refractivity contribution in [3.63, 3.8) is 0 Å². The van der Waals surface area contributed by atoms with Gasteiger partial charge in [-0.15, -0.1) is 0 Å². The Kier molecular flexibility index (Phi) is 0.664. The molecule has 1 N–H and O–H groups in total. The van der Waals surface area contributed by atoms with Crippen LogP contribution in [0, 0.1) is 6.54 Å². The fourth-order valence-corrected chi connectivity index (χ4v) is 0.848. The molecule has 0 aromatic heterocycles. The molecule has 7 heavy (non-hydrogen) atoms. The Morgan fingerprint density at radius 1 is 1.71 bits per heavy atom. The smallest absolute Gasteiger partial charge is 0.0730 e. The molecule has 2 aliphatic rings. The maximum absolute atomic E-state index is 3.23. The molecule has 2 nitrogen and oxygen atoms in total. The van der Waals surface area contributed by atoms with Gasteiger partial charge in [0, 0.05) is 19.6 Å². The van der Waals surface area contributed by atoms with Gasteiger partial charge in [-0.1, -0.05) is 0 Å². The van der Waals surface area contributed by atoms with Crippen molar-refractivity contribution in [1.82, 2.24) is 10.2 Å². The maximum Gasteiger partial charge on any atom is 0.0730 e. The van der Waals surface area contributed by atoms with Gasteiger partial charge in [-0.3, -0.25) is 10.2 Å². The summed E-state index contributed by atoms with van der Waals surface area (Å²) in [6, 6.07) is 0. The Balaban J connectivity index is 1.83. The van der Waals surface area contributed by atoms with E-state index in [1.54, 1.807) is 0 Å². The molecule has 2 rings (SSSR count). The molecule has 0 spiro atoms. The number of nitrogens with one attached hydrogen (secondary N) is 1. The molecule has 2 saturated heterocycles. The molecule has 0 aromatic rings. The largest absolute Gasteiger partial charge is 0.298 e. The van der Waals surface area contributed by atoms with Crippen LogP contribution in [0.5, 0.6) is 0 Å². The Hall–Kier alpha value is -0.0800. The minimum absolute atomic E-state index is 0.730. The number of likely N-dealkylation sites (tertiary alicyclic amines) is 1. The molecule has 2 heterocycles. The van der Waals surface area contributed by atoms with Crippen LogP contribution in [0.1, 0.15) is 6.42 Å². The molecule has 0 amide bonds. The minimum Gasteiger partial charge on any atom is -0.298 e. The zero-order valence-electron chi connectivity index (χ0n) is 4.22. The summed E-state index contributed by atoms with van der Waals surface area (Å²) < 4.78 is 0. The highest BCUT2D eigenvalue weighted by atomic mass is 15.4. The van der Waals surface area contributed by atoms with Gasteiger partial charge < -0.3 is 0 Å². The Bertz CT molecular complexity index is 74.1. The molecule has 2 heteroatoms. The fraction of sp³-hybridized carbons (Fsp3) is 0.800. The quantitative estimate of drug-likeness (QED) is 0.458. The third kappa shape index (κ3) is 0.545.